The molecule has 0 aliphatic rings. The molecule has 0 saturated carbocycles. The second-order valence-electron chi connectivity index (χ2n) is 3.17. The quantitative estimate of drug-likeness (QED) is 0.888. The summed E-state index contributed by atoms with van der Waals surface area (Å²) >= 11 is 9.33. The first-order chi connectivity index (χ1) is 6.63. The summed E-state index contributed by atoms with van der Waals surface area (Å²) in [6.45, 7) is 0.495. The zero-order chi connectivity index (χ0) is 10.6. The SMILES string of the molecule is NCCC(O)Cc1ccc(Br)cc1Cl. The average molecular weight is 279 g/mol. The number of nitrogens with two attached hydrogens (primary N) is 1. The summed E-state index contributed by atoms with van der Waals surface area (Å²) in [5.41, 5.74) is 6.30. The summed E-state index contributed by atoms with van der Waals surface area (Å²) < 4.78 is 0.944. The van der Waals surface area contributed by atoms with Crippen molar-refractivity contribution in [2.24, 2.45) is 5.73 Å². The van der Waals surface area contributed by atoms with Crippen LogP contribution >= 0.6 is 27.5 Å². The first-order valence-corrected chi connectivity index (χ1v) is 5.62. The molecular weight excluding hydrogens is 265 g/mol. The van der Waals surface area contributed by atoms with Crippen molar-refractivity contribution in [3.8, 4) is 0 Å². The topological polar surface area (TPSA) is 46.2 Å². The molecule has 0 saturated heterocycles. The van der Waals surface area contributed by atoms with Gasteiger partial charge in [0.15, 0.2) is 0 Å². The normalized spacial score (nSPS) is 12.9. The summed E-state index contributed by atoms with van der Waals surface area (Å²) in [6, 6.07) is 5.65. The summed E-state index contributed by atoms with van der Waals surface area (Å²) in [6.07, 6.45) is 0.758. The monoisotopic (exact) mass is 277 g/mol. The number of aliphatic hydroxyl groups is 1. The first-order valence-electron chi connectivity index (χ1n) is 4.45. The lowest BCUT2D eigenvalue weighted by Crippen LogP contribution is -2.16. The molecule has 1 aromatic carbocycles. The van der Waals surface area contributed by atoms with Gasteiger partial charge in [-0.2, -0.15) is 0 Å². The maximum atomic E-state index is 9.55. The van der Waals surface area contributed by atoms with Gasteiger partial charge in [0.05, 0.1) is 6.10 Å². The van der Waals surface area contributed by atoms with Crippen molar-refractivity contribution < 1.29 is 5.11 Å². The van der Waals surface area contributed by atoms with Gasteiger partial charge in [0.25, 0.3) is 0 Å². The molecule has 0 amide bonds. The summed E-state index contributed by atoms with van der Waals surface area (Å²) in [4.78, 5) is 0. The van der Waals surface area contributed by atoms with Gasteiger partial charge in [0.1, 0.15) is 0 Å². The van der Waals surface area contributed by atoms with Gasteiger partial charge < -0.3 is 10.8 Å². The highest BCUT2D eigenvalue weighted by molar-refractivity contribution is 9.10. The molecule has 0 spiro atoms. The van der Waals surface area contributed by atoms with Crippen molar-refractivity contribution >= 4 is 27.5 Å². The molecule has 1 aromatic rings. The van der Waals surface area contributed by atoms with Gasteiger partial charge >= 0.3 is 0 Å². The molecular formula is C10H13BrClNO. The largest absolute Gasteiger partial charge is 0.393 e. The van der Waals surface area contributed by atoms with E-state index in [-0.39, 0.29) is 0 Å². The van der Waals surface area contributed by atoms with E-state index in [2.05, 4.69) is 15.9 Å². The number of aliphatic hydroxyl groups excluding tert-OH is 1. The standard InChI is InChI=1S/C10H13BrClNO/c11-8-2-1-7(10(12)6-8)5-9(14)3-4-13/h1-2,6,9,14H,3-5,13H2. The molecule has 2 nitrogen and oxygen atoms in total. The highest BCUT2D eigenvalue weighted by Gasteiger charge is 2.07. The number of rotatable bonds is 4. The fraction of sp³-hybridized carbons (Fsp3) is 0.400. The van der Waals surface area contributed by atoms with Crippen molar-refractivity contribution in [3.63, 3.8) is 0 Å². The third kappa shape index (κ3) is 3.58. The van der Waals surface area contributed by atoms with Crippen LogP contribution in [0.5, 0.6) is 0 Å². The second-order valence-corrected chi connectivity index (χ2v) is 4.49. The molecule has 78 valence electrons. The van der Waals surface area contributed by atoms with E-state index in [9.17, 15) is 5.11 Å². The number of hydrogen-bond acceptors (Lipinski definition) is 2. The Balaban J connectivity index is 2.67. The van der Waals surface area contributed by atoms with E-state index < -0.39 is 6.10 Å². The number of hydrogen-bond donors (Lipinski definition) is 2. The lowest BCUT2D eigenvalue weighted by Gasteiger charge is -2.10. The van der Waals surface area contributed by atoms with E-state index in [0.717, 1.165) is 10.0 Å². The molecule has 0 aliphatic heterocycles. The van der Waals surface area contributed by atoms with E-state index in [1.807, 2.05) is 18.2 Å². The molecule has 1 rings (SSSR count). The van der Waals surface area contributed by atoms with Gasteiger partial charge in [-0.25, -0.2) is 0 Å². The third-order valence-corrected chi connectivity index (χ3v) is 2.82. The van der Waals surface area contributed by atoms with Crippen LogP contribution in [0.4, 0.5) is 0 Å². The minimum absolute atomic E-state index is 0.404. The second kappa shape index (κ2) is 5.71. The van der Waals surface area contributed by atoms with Crippen LogP contribution in [0.15, 0.2) is 22.7 Å². The first kappa shape index (κ1) is 12.0. The van der Waals surface area contributed by atoms with E-state index in [0.29, 0.717) is 24.4 Å². The molecule has 14 heavy (non-hydrogen) atoms. The molecule has 4 heteroatoms. The maximum Gasteiger partial charge on any atom is 0.0593 e. The van der Waals surface area contributed by atoms with Crippen LogP contribution < -0.4 is 5.73 Å². The van der Waals surface area contributed by atoms with Crippen molar-refractivity contribution in [2.75, 3.05) is 6.54 Å². The van der Waals surface area contributed by atoms with E-state index in [1.54, 1.807) is 0 Å². The molecule has 0 aromatic heterocycles. The predicted molar refractivity (Wildman–Crippen MR) is 62.5 cm³/mol. The van der Waals surface area contributed by atoms with E-state index in [1.165, 1.54) is 0 Å². The lowest BCUT2D eigenvalue weighted by molar-refractivity contribution is 0.167. The Morgan fingerprint density at radius 1 is 1.50 bits per heavy atom. The maximum absolute atomic E-state index is 9.55. The van der Waals surface area contributed by atoms with Crippen LogP contribution in [-0.2, 0) is 6.42 Å². The van der Waals surface area contributed by atoms with Gasteiger partial charge in [-0.05, 0) is 37.1 Å². The Morgan fingerprint density at radius 3 is 2.79 bits per heavy atom. The Hall–Kier alpha value is -0.0900. The van der Waals surface area contributed by atoms with Crippen LogP contribution in [0.25, 0.3) is 0 Å². The van der Waals surface area contributed by atoms with Gasteiger partial charge in [-0.1, -0.05) is 33.6 Å². The van der Waals surface area contributed by atoms with Crippen LogP contribution in [0, 0.1) is 0 Å². The molecule has 0 radical (unpaired) electrons. The number of benzene rings is 1. The Labute approximate surface area is 97.2 Å². The zero-order valence-corrected chi connectivity index (χ0v) is 10.1. The average Bonchev–Trinajstić information content (AvgIpc) is 2.10. The highest BCUT2D eigenvalue weighted by atomic mass is 79.9. The Morgan fingerprint density at radius 2 is 2.21 bits per heavy atom. The smallest absolute Gasteiger partial charge is 0.0593 e. The molecule has 0 aliphatic carbocycles. The lowest BCUT2D eigenvalue weighted by atomic mass is 10.1. The van der Waals surface area contributed by atoms with Crippen molar-refractivity contribution in [2.45, 2.75) is 18.9 Å². The highest BCUT2D eigenvalue weighted by Crippen LogP contribution is 2.22. The summed E-state index contributed by atoms with van der Waals surface area (Å²) in [5.74, 6) is 0. The van der Waals surface area contributed by atoms with Crippen LogP contribution in [0.3, 0.4) is 0 Å². The number of halogens is 2. The molecule has 0 fully saturated rings. The predicted octanol–water partition coefficient (Wildman–Crippen LogP) is 2.35. The minimum atomic E-state index is -0.404. The summed E-state index contributed by atoms with van der Waals surface area (Å²) in [7, 11) is 0. The van der Waals surface area contributed by atoms with Gasteiger partial charge in [0.2, 0.25) is 0 Å². The van der Waals surface area contributed by atoms with E-state index in [4.69, 9.17) is 17.3 Å². The fourth-order valence-corrected chi connectivity index (χ4v) is 1.99. The van der Waals surface area contributed by atoms with Crippen molar-refractivity contribution in [1.82, 2.24) is 0 Å². The Bertz CT molecular complexity index is 306. The van der Waals surface area contributed by atoms with Crippen LogP contribution in [-0.4, -0.2) is 17.8 Å². The summed E-state index contributed by atoms with van der Waals surface area (Å²) in [5, 5.41) is 10.2. The fourth-order valence-electron chi connectivity index (χ4n) is 1.24. The van der Waals surface area contributed by atoms with Crippen molar-refractivity contribution in [1.29, 1.82) is 0 Å². The zero-order valence-electron chi connectivity index (χ0n) is 7.71. The molecule has 0 bridgehead atoms. The van der Waals surface area contributed by atoms with Gasteiger partial charge in [-0.15, -0.1) is 0 Å². The molecule has 3 N–H and O–H groups in total. The Kier molecular flexibility index (Phi) is 4.89. The molecule has 0 heterocycles. The van der Waals surface area contributed by atoms with Crippen molar-refractivity contribution in [3.05, 3.63) is 33.3 Å². The van der Waals surface area contributed by atoms with Gasteiger partial charge in [0, 0.05) is 9.50 Å². The van der Waals surface area contributed by atoms with Crippen LogP contribution in [0.2, 0.25) is 5.02 Å². The molecule has 1 unspecified atom stereocenters. The van der Waals surface area contributed by atoms with E-state index >= 15 is 0 Å². The van der Waals surface area contributed by atoms with Gasteiger partial charge in [-0.3, -0.25) is 0 Å². The minimum Gasteiger partial charge on any atom is -0.393 e. The molecule has 1 atom stereocenters. The third-order valence-electron chi connectivity index (χ3n) is 1.97. The van der Waals surface area contributed by atoms with Crippen LogP contribution in [0.1, 0.15) is 12.0 Å².